The highest BCUT2D eigenvalue weighted by Crippen LogP contribution is 2.17. The molecule has 1 atom stereocenters. The molecular weight excluding hydrogens is 242 g/mol. The Balaban J connectivity index is 2.90. The average Bonchev–Trinajstić information content (AvgIpc) is 2.55. The monoisotopic (exact) mass is 269 g/mol. The van der Waals surface area contributed by atoms with Crippen molar-refractivity contribution in [2.75, 3.05) is 13.2 Å². The molecule has 0 aliphatic heterocycles. The minimum absolute atomic E-state index is 0.100. The van der Waals surface area contributed by atoms with Crippen molar-refractivity contribution in [3.8, 4) is 0 Å². The van der Waals surface area contributed by atoms with Gasteiger partial charge in [0, 0.05) is 30.4 Å². The van der Waals surface area contributed by atoms with Crippen LogP contribution in [0.25, 0.3) is 0 Å². The van der Waals surface area contributed by atoms with Gasteiger partial charge in [-0.15, -0.1) is 0 Å². The molecule has 110 valence electrons. The Hall–Kier alpha value is -0.910. The van der Waals surface area contributed by atoms with Crippen molar-refractivity contribution in [3.05, 3.63) is 17.0 Å². The maximum absolute atomic E-state index is 9.58. The van der Waals surface area contributed by atoms with E-state index >= 15 is 0 Å². The lowest BCUT2D eigenvalue weighted by Gasteiger charge is -2.27. The molecule has 0 aliphatic rings. The minimum atomic E-state index is -0.338. The van der Waals surface area contributed by atoms with E-state index < -0.39 is 0 Å². The van der Waals surface area contributed by atoms with Gasteiger partial charge in [0.15, 0.2) is 0 Å². The minimum Gasteiger partial charge on any atom is -0.394 e. The Bertz CT molecular complexity index is 400. The molecule has 0 spiro atoms. The van der Waals surface area contributed by atoms with Crippen LogP contribution in [-0.4, -0.2) is 50.2 Å². The van der Waals surface area contributed by atoms with Crippen LogP contribution in [0.4, 0.5) is 0 Å². The van der Waals surface area contributed by atoms with E-state index in [0.717, 1.165) is 17.9 Å². The van der Waals surface area contributed by atoms with Crippen LogP contribution < -0.4 is 0 Å². The summed E-state index contributed by atoms with van der Waals surface area (Å²) in [7, 11) is 0. The summed E-state index contributed by atoms with van der Waals surface area (Å²) in [5.74, 6) is 0. The largest absolute Gasteiger partial charge is 0.394 e. The van der Waals surface area contributed by atoms with Gasteiger partial charge in [0.25, 0.3) is 0 Å². The fourth-order valence-electron chi connectivity index (χ4n) is 2.28. The first-order valence-corrected chi connectivity index (χ1v) is 6.92. The maximum atomic E-state index is 9.58. The van der Waals surface area contributed by atoms with E-state index in [0.29, 0.717) is 19.1 Å². The zero-order chi connectivity index (χ0) is 14.6. The van der Waals surface area contributed by atoms with Gasteiger partial charge in [-0.25, -0.2) is 0 Å². The third-order valence-electron chi connectivity index (χ3n) is 3.43. The normalized spacial score (nSPS) is 13.5. The Labute approximate surface area is 115 Å². The van der Waals surface area contributed by atoms with Crippen LogP contribution in [0.2, 0.25) is 0 Å². The Kier molecular flexibility index (Phi) is 5.97. The Morgan fingerprint density at radius 2 is 1.89 bits per heavy atom. The van der Waals surface area contributed by atoms with Crippen LogP contribution in [0.3, 0.4) is 0 Å². The van der Waals surface area contributed by atoms with Crippen LogP contribution >= 0.6 is 0 Å². The molecule has 5 heteroatoms. The Morgan fingerprint density at radius 3 is 2.37 bits per heavy atom. The highest BCUT2D eigenvalue weighted by Gasteiger charge is 2.18. The van der Waals surface area contributed by atoms with Crippen molar-refractivity contribution >= 4 is 0 Å². The second-order valence-electron chi connectivity index (χ2n) is 5.47. The van der Waals surface area contributed by atoms with Crippen molar-refractivity contribution in [1.82, 2.24) is 14.7 Å². The number of rotatable bonds is 7. The second kappa shape index (κ2) is 7.03. The number of aryl methyl sites for hydroxylation is 1. The molecule has 1 unspecified atom stereocenters. The zero-order valence-electron chi connectivity index (χ0n) is 12.7. The molecule has 2 N–H and O–H groups in total. The first kappa shape index (κ1) is 16.1. The molecule has 0 amide bonds. The summed E-state index contributed by atoms with van der Waals surface area (Å²) >= 11 is 0. The third kappa shape index (κ3) is 4.30. The molecule has 0 bridgehead atoms. The van der Waals surface area contributed by atoms with E-state index in [-0.39, 0.29) is 12.7 Å². The number of aliphatic hydroxyl groups excluding tert-OH is 2. The number of hydrogen-bond acceptors (Lipinski definition) is 4. The fourth-order valence-corrected chi connectivity index (χ4v) is 2.28. The molecule has 19 heavy (non-hydrogen) atoms. The summed E-state index contributed by atoms with van der Waals surface area (Å²) in [4.78, 5) is 2.24. The smallest absolute Gasteiger partial charge is 0.0644 e. The highest BCUT2D eigenvalue weighted by molar-refractivity contribution is 5.24. The zero-order valence-corrected chi connectivity index (χ0v) is 12.7. The summed E-state index contributed by atoms with van der Waals surface area (Å²) in [6.07, 6.45) is -0.338. The third-order valence-corrected chi connectivity index (χ3v) is 3.43. The van der Waals surface area contributed by atoms with Gasteiger partial charge < -0.3 is 10.2 Å². The lowest BCUT2D eigenvalue weighted by molar-refractivity contribution is 0.102. The van der Waals surface area contributed by atoms with Crippen molar-refractivity contribution in [1.29, 1.82) is 0 Å². The van der Waals surface area contributed by atoms with Crippen LogP contribution in [0.15, 0.2) is 0 Å². The van der Waals surface area contributed by atoms with E-state index in [2.05, 4.69) is 23.8 Å². The number of nitrogens with zero attached hydrogens (tertiary/aromatic N) is 3. The standard InChI is InChI=1S/C14H27N3O2/c1-10(2)16(8-11(3)19)9-14-12(4)15-17(6-7-18)13(14)5/h10-11,18-19H,6-9H2,1-5H3. The van der Waals surface area contributed by atoms with E-state index in [1.807, 2.05) is 25.5 Å². The predicted molar refractivity (Wildman–Crippen MR) is 76.0 cm³/mol. The van der Waals surface area contributed by atoms with Gasteiger partial charge in [-0.1, -0.05) is 0 Å². The van der Waals surface area contributed by atoms with Crippen LogP contribution in [0.1, 0.15) is 37.7 Å². The maximum Gasteiger partial charge on any atom is 0.0644 e. The average molecular weight is 269 g/mol. The molecule has 0 aromatic carbocycles. The van der Waals surface area contributed by atoms with E-state index in [1.54, 1.807) is 0 Å². The van der Waals surface area contributed by atoms with Gasteiger partial charge in [0.2, 0.25) is 0 Å². The molecule has 0 saturated carbocycles. The molecular formula is C14H27N3O2. The van der Waals surface area contributed by atoms with Gasteiger partial charge in [0.05, 0.1) is 24.9 Å². The van der Waals surface area contributed by atoms with E-state index in [4.69, 9.17) is 5.11 Å². The van der Waals surface area contributed by atoms with E-state index in [9.17, 15) is 5.11 Å². The number of hydrogen-bond donors (Lipinski definition) is 2. The van der Waals surface area contributed by atoms with Crippen LogP contribution in [0, 0.1) is 13.8 Å². The fraction of sp³-hybridized carbons (Fsp3) is 0.786. The molecule has 5 nitrogen and oxygen atoms in total. The van der Waals surface area contributed by atoms with Gasteiger partial charge in [-0.3, -0.25) is 9.58 Å². The molecule has 0 saturated heterocycles. The highest BCUT2D eigenvalue weighted by atomic mass is 16.3. The molecule has 0 radical (unpaired) electrons. The molecule has 0 fully saturated rings. The molecule has 1 aromatic heterocycles. The number of aliphatic hydroxyl groups is 2. The lowest BCUT2D eigenvalue weighted by atomic mass is 10.1. The second-order valence-corrected chi connectivity index (χ2v) is 5.47. The topological polar surface area (TPSA) is 61.5 Å². The van der Waals surface area contributed by atoms with Crippen molar-refractivity contribution in [3.63, 3.8) is 0 Å². The van der Waals surface area contributed by atoms with Crippen molar-refractivity contribution < 1.29 is 10.2 Å². The first-order chi connectivity index (χ1) is 8.86. The van der Waals surface area contributed by atoms with Crippen molar-refractivity contribution in [2.45, 2.75) is 59.9 Å². The molecule has 1 rings (SSSR count). The van der Waals surface area contributed by atoms with Gasteiger partial charge >= 0.3 is 0 Å². The van der Waals surface area contributed by atoms with Gasteiger partial charge in [0.1, 0.15) is 0 Å². The van der Waals surface area contributed by atoms with Crippen LogP contribution in [0.5, 0.6) is 0 Å². The first-order valence-electron chi connectivity index (χ1n) is 6.92. The van der Waals surface area contributed by atoms with Crippen molar-refractivity contribution in [2.24, 2.45) is 0 Å². The summed E-state index contributed by atoms with van der Waals surface area (Å²) < 4.78 is 1.85. The van der Waals surface area contributed by atoms with Crippen LogP contribution in [-0.2, 0) is 13.1 Å². The number of aromatic nitrogens is 2. The lowest BCUT2D eigenvalue weighted by Crippen LogP contribution is -2.36. The molecule has 1 heterocycles. The van der Waals surface area contributed by atoms with Gasteiger partial charge in [-0.05, 0) is 34.6 Å². The predicted octanol–water partition coefficient (Wildman–Crippen LogP) is 1.08. The SMILES string of the molecule is Cc1nn(CCO)c(C)c1CN(CC(C)O)C(C)C. The quantitative estimate of drug-likeness (QED) is 0.777. The molecule has 0 aliphatic carbocycles. The molecule has 1 aromatic rings. The Morgan fingerprint density at radius 1 is 1.26 bits per heavy atom. The van der Waals surface area contributed by atoms with Gasteiger partial charge in [-0.2, -0.15) is 5.10 Å². The summed E-state index contributed by atoms with van der Waals surface area (Å²) in [6.45, 7) is 12.2. The summed E-state index contributed by atoms with van der Waals surface area (Å²) in [5.41, 5.74) is 3.30. The van der Waals surface area contributed by atoms with E-state index in [1.165, 1.54) is 5.56 Å². The summed E-state index contributed by atoms with van der Waals surface area (Å²) in [5, 5.41) is 23.1. The summed E-state index contributed by atoms with van der Waals surface area (Å²) in [6, 6.07) is 0.370.